The SMILES string of the molecule is CCOC(=O)c1nc2c(nc1N)CCN(CC)CC2.Cl.Cl. The molecule has 2 N–H and O–H groups in total. The number of nitrogens with two attached hydrogens (primary N) is 1. The smallest absolute Gasteiger partial charge is 0.360 e. The highest BCUT2D eigenvalue weighted by atomic mass is 35.5. The summed E-state index contributed by atoms with van der Waals surface area (Å²) in [5.74, 6) is -0.325. The predicted octanol–water partition coefficient (Wildman–Crippen LogP) is 1.50. The summed E-state index contributed by atoms with van der Waals surface area (Å²) in [5, 5.41) is 0. The number of hydrogen-bond donors (Lipinski definition) is 1. The molecule has 1 aliphatic rings. The minimum Gasteiger partial charge on any atom is -0.461 e. The number of fused-ring (bicyclic) bond motifs is 1. The zero-order valence-electron chi connectivity index (χ0n) is 12.3. The minimum atomic E-state index is -0.494. The number of nitrogens with zero attached hydrogens (tertiary/aromatic N) is 3. The molecule has 2 heterocycles. The van der Waals surface area contributed by atoms with Gasteiger partial charge < -0.3 is 15.4 Å². The van der Waals surface area contributed by atoms with E-state index in [-0.39, 0.29) is 36.3 Å². The zero-order chi connectivity index (χ0) is 13.8. The van der Waals surface area contributed by atoms with Gasteiger partial charge in [-0.3, -0.25) is 0 Å². The van der Waals surface area contributed by atoms with Crippen LogP contribution in [-0.2, 0) is 17.6 Å². The molecule has 1 aliphatic heterocycles. The Morgan fingerprint density at radius 1 is 1.19 bits per heavy atom. The molecule has 6 nitrogen and oxygen atoms in total. The molecule has 1 aromatic heterocycles. The van der Waals surface area contributed by atoms with Crippen LogP contribution < -0.4 is 5.73 Å². The van der Waals surface area contributed by atoms with E-state index in [1.54, 1.807) is 6.92 Å². The van der Waals surface area contributed by atoms with E-state index in [1.807, 2.05) is 0 Å². The molecule has 0 saturated carbocycles. The van der Waals surface area contributed by atoms with E-state index >= 15 is 0 Å². The second-order valence-electron chi connectivity index (χ2n) is 4.51. The maximum absolute atomic E-state index is 11.7. The highest BCUT2D eigenvalue weighted by molar-refractivity contribution is 5.91. The normalized spacial score (nSPS) is 14.2. The molecule has 120 valence electrons. The zero-order valence-corrected chi connectivity index (χ0v) is 13.9. The molecule has 21 heavy (non-hydrogen) atoms. The summed E-state index contributed by atoms with van der Waals surface area (Å²) in [7, 11) is 0. The van der Waals surface area contributed by atoms with Crippen molar-refractivity contribution in [3.05, 3.63) is 17.1 Å². The van der Waals surface area contributed by atoms with Gasteiger partial charge in [-0.25, -0.2) is 14.8 Å². The van der Waals surface area contributed by atoms with Gasteiger partial charge in [-0.2, -0.15) is 0 Å². The summed E-state index contributed by atoms with van der Waals surface area (Å²) in [4.78, 5) is 22.8. The Morgan fingerprint density at radius 3 is 2.29 bits per heavy atom. The average Bonchev–Trinajstić information content (AvgIpc) is 2.59. The quantitative estimate of drug-likeness (QED) is 0.842. The highest BCUT2D eigenvalue weighted by Crippen LogP contribution is 2.17. The van der Waals surface area contributed by atoms with Gasteiger partial charge in [-0.1, -0.05) is 6.92 Å². The second kappa shape index (κ2) is 9.02. The summed E-state index contributed by atoms with van der Waals surface area (Å²) in [5.41, 5.74) is 7.72. The van der Waals surface area contributed by atoms with Crippen LogP contribution in [-0.4, -0.2) is 47.1 Å². The Kier molecular flexibility index (Phi) is 8.54. The number of rotatable bonds is 3. The molecular weight excluding hydrogens is 315 g/mol. The van der Waals surface area contributed by atoms with Gasteiger partial charge in [0.25, 0.3) is 0 Å². The maximum Gasteiger partial charge on any atom is 0.360 e. The third-order valence-electron chi connectivity index (χ3n) is 3.32. The van der Waals surface area contributed by atoms with Gasteiger partial charge in [0.1, 0.15) is 0 Å². The Balaban J connectivity index is 0.00000200. The van der Waals surface area contributed by atoms with Gasteiger partial charge in [0.2, 0.25) is 0 Å². The van der Waals surface area contributed by atoms with Gasteiger partial charge in [-0.05, 0) is 13.5 Å². The number of carbonyl (C=O) groups is 1. The number of likely N-dealkylation sites (N-methyl/N-ethyl adjacent to an activating group) is 1. The molecule has 0 aliphatic carbocycles. The molecule has 0 atom stereocenters. The summed E-state index contributed by atoms with van der Waals surface area (Å²) in [6, 6.07) is 0. The summed E-state index contributed by atoms with van der Waals surface area (Å²) in [6.07, 6.45) is 1.62. The molecule has 0 fully saturated rings. The van der Waals surface area contributed by atoms with E-state index in [9.17, 15) is 4.79 Å². The van der Waals surface area contributed by atoms with Gasteiger partial charge >= 0.3 is 5.97 Å². The van der Waals surface area contributed by atoms with Crippen LogP contribution in [0.3, 0.4) is 0 Å². The van der Waals surface area contributed by atoms with Crippen molar-refractivity contribution in [2.45, 2.75) is 26.7 Å². The number of ether oxygens (including phenoxy) is 1. The fourth-order valence-corrected chi connectivity index (χ4v) is 2.23. The number of esters is 1. The van der Waals surface area contributed by atoms with Crippen molar-refractivity contribution in [2.24, 2.45) is 0 Å². The third kappa shape index (κ3) is 4.69. The highest BCUT2D eigenvalue weighted by Gasteiger charge is 2.21. The summed E-state index contributed by atoms with van der Waals surface area (Å²) >= 11 is 0. The number of carbonyl (C=O) groups excluding carboxylic acids is 1. The Morgan fingerprint density at radius 2 is 1.76 bits per heavy atom. The molecular formula is C13H22Cl2N4O2. The molecule has 1 aromatic rings. The lowest BCUT2D eigenvalue weighted by atomic mass is 10.2. The number of aromatic nitrogens is 2. The molecule has 0 aromatic carbocycles. The van der Waals surface area contributed by atoms with Gasteiger partial charge in [0.05, 0.1) is 18.0 Å². The summed E-state index contributed by atoms with van der Waals surface area (Å²) < 4.78 is 4.94. The van der Waals surface area contributed by atoms with E-state index < -0.39 is 5.97 Å². The van der Waals surface area contributed by atoms with Crippen LogP contribution in [0.2, 0.25) is 0 Å². The van der Waals surface area contributed by atoms with Crippen molar-refractivity contribution in [3.63, 3.8) is 0 Å². The van der Waals surface area contributed by atoms with Crippen LogP contribution in [0.15, 0.2) is 0 Å². The van der Waals surface area contributed by atoms with Crippen LogP contribution in [0, 0.1) is 0 Å². The number of hydrogen-bond acceptors (Lipinski definition) is 6. The average molecular weight is 337 g/mol. The summed E-state index contributed by atoms with van der Waals surface area (Å²) in [6.45, 7) is 7.09. The molecule has 2 rings (SSSR count). The topological polar surface area (TPSA) is 81.3 Å². The first-order valence-electron chi connectivity index (χ1n) is 6.70. The standard InChI is InChI=1S/C13H20N4O2.2ClH/c1-3-17-7-5-9-10(6-8-17)16-12(14)11(15-9)13(18)19-4-2;;/h3-8H2,1-2H3,(H2,14,16);2*1H. The first-order valence-corrected chi connectivity index (χ1v) is 6.70. The van der Waals surface area contributed by atoms with Crippen molar-refractivity contribution in [1.82, 2.24) is 14.9 Å². The molecule has 0 amide bonds. The lowest BCUT2D eigenvalue weighted by Gasteiger charge is -2.15. The fraction of sp³-hybridized carbons (Fsp3) is 0.615. The molecule has 0 bridgehead atoms. The van der Waals surface area contributed by atoms with E-state index in [1.165, 1.54) is 0 Å². The van der Waals surface area contributed by atoms with E-state index in [0.29, 0.717) is 6.61 Å². The van der Waals surface area contributed by atoms with Crippen molar-refractivity contribution in [3.8, 4) is 0 Å². The van der Waals surface area contributed by atoms with Crippen LogP contribution in [0.1, 0.15) is 35.7 Å². The van der Waals surface area contributed by atoms with Crippen LogP contribution in [0.25, 0.3) is 0 Å². The minimum absolute atomic E-state index is 0. The lowest BCUT2D eigenvalue weighted by Crippen LogP contribution is -2.25. The largest absolute Gasteiger partial charge is 0.461 e. The van der Waals surface area contributed by atoms with Crippen LogP contribution >= 0.6 is 24.8 Å². The van der Waals surface area contributed by atoms with Gasteiger partial charge in [-0.15, -0.1) is 24.8 Å². The van der Waals surface area contributed by atoms with E-state index in [4.69, 9.17) is 10.5 Å². The Labute approximate surface area is 137 Å². The third-order valence-corrected chi connectivity index (χ3v) is 3.32. The number of nitrogen functional groups attached to an aromatic ring is 1. The molecule has 8 heteroatoms. The lowest BCUT2D eigenvalue weighted by molar-refractivity contribution is 0.0520. The first kappa shape index (κ1) is 19.9. The molecule has 0 unspecified atom stereocenters. The van der Waals surface area contributed by atoms with E-state index in [2.05, 4.69) is 21.8 Å². The molecule has 0 spiro atoms. The number of anilines is 1. The number of halogens is 2. The van der Waals surface area contributed by atoms with Crippen LogP contribution in [0.4, 0.5) is 5.82 Å². The van der Waals surface area contributed by atoms with Gasteiger partial charge in [0, 0.05) is 25.9 Å². The second-order valence-corrected chi connectivity index (χ2v) is 4.51. The van der Waals surface area contributed by atoms with E-state index in [0.717, 1.165) is 43.9 Å². The fourth-order valence-electron chi connectivity index (χ4n) is 2.23. The predicted molar refractivity (Wildman–Crippen MR) is 86.4 cm³/mol. The molecule has 0 saturated heterocycles. The van der Waals surface area contributed by atoms with Gasteiger partial charge in [0.15, 0.2) is 11.5 Å². The van der Waals surface area contributed by atoms with Crippen molar-refractivity contribution in [1.29, 1.82) is 0 Å². The maximum atomic E-state index is 11.7. The molecule has 0 radical (unpaired) electrons. The Bertz CT molecular complexity index is 485. The van der Waals surface area contributed by atoms with Crippen molar-refractivity contribution >= 4 is 36.6 Å². The monoisotopic (exact) mass is 336 g/mol. The van der Waals surface area contributed by atoms with Crippen molar-refractivity contribution < 1.29 is 9.53 Å². The van der Waals surface area contributed by atoms with Crippen LogP contribution in [0.5, 0.6) is 0 Å². The first-order chi connectivity index (χ1) is 9.15. The Hall–Kier alpha value is -1.11. The van der Waals surface area contributed by atoms with Crippen molar-refractivity contribution in [2.75, 3.05) is 32.0 Å².